The van der Waals surface area contributed by atoms with Crippen molar-refractivity contribution in [2.75, 3.05) is 0 Å². The van der Waals surface area contributed by atoms with Crippen LogP contribution in [0, 0.1) is 88.0 Å². The third kappa shape index (κ3) is 19.7. The van der Waals surface area contributed by atoms with E-state index in [2.05, 4.69) is 39.8 Å². The summed E-state index contributed by atoms with van der Waals surface area (Å²) in [5, 5.41) is 1.47. The third-order valence-corrected chi connectivity index (χ3v) is 19.2. The number of hydrogen-bond donors (Lipinski definition) is 0. The molecule has 14 rings (SSSR count). The van der Waals surface area contributed by atoms with Gasteiger partial charge in [0.1, 0.15) is 34.1 Å². The molecule has 7 atom stereocenters. The van der Waals surface area contributed by atoms with Gasteiger partial charge in [0.25, 0.3) is 0 Å². The third-order valence-electron chi connectivity index (χ3n) is 17.6. The molecule has 7 unspecified atom stereocenters. The van der Waals surface area contributed by atoms with Gasteiger partial charge in [-0.15, -0.1) is 0 Å². The van der Waals surface area contributed by atoms with Gasteiger partial charge in [0, 0.05) is 23.8 Å². The molecule has 0 aromatic heterocycles. The molecule has 0 amide bonds. The van der Waals surface area contributed by atoms with Crippen LogP contribution in [-0.2, 0) is 89.7 Å². The van der Waals surface area contributed by atoms with Gasteiger partial charge < -0.3 is 0 Å². The van der Waals surface area contributed by atoms with Gasteiger partial charge in [-0.2, -0.15) is 0 Å². The second-order valence-electron chi connectivity index (χ2n) is 25.4. The van der Waals surface area contributed by atoms with Crippen LogP contribution in [-0.4, -0.2) is 0 Å². The SMILES string of the molecule is CC1CCc2c(cc(F)c(Cl)c2F)C1.CC1CCc2c(ccc(Cl)c2F)C1.CC1CCc2cc(Cl)c(F)cc2C1.CC1CCc2cc(Cl)ccc2C1.[2H]C1([2H])CC(C)Cc2cc(F)c(F)c(F)c21.[2H]C1([2H])Cc2c(ccc(Cl)c2F)C([2H])([2H])C1C.[2H]C1([2H])Cc2cc(Cl)ccc2C([2H])([2H])C1C. The van der Waals surface area contributed by atoms with Gasteiger partial charge in [0.2, 0.25) is 0 Å². The van der Waals surface area contributed by atoms with Crippen molar-refractivity contribution < 1.29 is 48.8 Å². The zero-order valence-electron chi connectivity index (χ0n) is 62.2. The Balaban J connectivity index is 0.000000150. The van der Waals surface area contributed by atoms with Crippen LogP contribution < -0.4 is 0 Å². The molecule has 0 radical (unpaired) electrons. The number of hydrogen-bond acceptors (Lipinski definition) is 0. The first-order valence-corrected chi connectivity index (χ1v) is 33.5. The highest BCUT2D eigenvalue weighted by molar-refractivity contribution is 6.32. The summed E-state index contributed by atoms with van der Waals surface area (Å²) < 4.78 is 185. The average Bonchev–Trinajstić information content (AvgIpc) is 0.749. The minimum absolute atomic E-state index is 0.00763. The first kappa shape index (κ1) is 59.2. The smallest absolute Gasteiger partial charge is 0.194 e. The van der Waals surface area contributed by atoms with E-state index in [-0.39, 0.29) is 79.2 Å². The molecular weight excluding hydrogens is 1290 g/mol. The lowest BCUT2D eigenvalue weighted by Gasteiger charge is -2.22. The van der Waals surface area contributed by atoms with Gasteiger partial charge in [0.15, 0.2) is 17.5 Å². The molecule has 7 aliphatic carbocycles. The summed E-state index contributed by atoms with van der Waals surface area (Å²) in [7, 11) is 0. The predicted molar refractivity (Wildman–Crippen MR) is 363 cm³/mol. The highest BCUT2D eigenvalue weighted by Crippen LogP contribution is 2.37. The molecule has 0 N–H and O–H groups in total. The first-order chi connectivity index (χ1) is 46.9. The van der Waals surface area contributed by atoms with Crippen molar-refractivity contribution in [3.8, 4) is 0 Å². The molecule has 0 spiro atoms. The Morgan fingerprint density at radius 2 is 0.725 bits per heavy atom. The van der Waals surface area contributed by atoms with Gasteiger partial charge in [-0.25, -0.2) is 35.1 Å². The van der Waals surface area contributed by atoms with Crippen LogP contribution in [0.1, 0.15) is 185 Å². The maximum Gasteiger partial charge on any atom is 0.194 e. The Bertz CT molecular complexity index is 4150. The molecule has 91 heavy (non-hydrogen) atoms. The normalized spacial score (nSPS) is 25.7. The van der Waals surface area contributed by atoms with E-state index in [1.165, 1.54) is 67.5 Å². The molecule has 490 valence electrons. The van der Waals surface area contributed by atoms with Gasteiger partial charge in [-0.3, -0.25) is 0 Å². The number of aryl methyl sites for hydroxylation is 3. The summed E-state index contributed by atoms with van der Waals surface area (Å²) >= 11 is 34.3. The molecule has 0 saturated heterocycles. The Labute approximate surface area is 579 Å². The molecule has 0 nitrogen and oxygen atoms in total. The van der Waals surface area contributed by atoms with Crippen LogP contribution >= 0.6 is 69.6 Å². The van der Waals surface area contributed by atoms with Crippen LogP contribution in [0.25, 0.3) is 0 Å². The highest BCUT2D eigenvalue weighted by Gasteiger charge is 2.26. The lowest BCUT2D eigenvalue weighted by Crippen LogP contribution is -2.14. The van der Waals surface area contributed by atoms with Crippen LogP contribution in [0.5, 0.6) is 0 Å². The quantitative estimate of drug-likeness (QED) is 0.105. The van der Waals surface area contributed by atoms with Crippen molar-refractivity contribution in [3.63, 3.8) is 0 Å². The highest BCUT2D eigenvalue weighted by atomic mass is 35.5. The maximum atomic E-state index is 13.8. The van der Waals surface area contributed by atoms with E-state index >= 15 is 0 Å². The van der Waals surface area contributed by atoms with Crippen LogP contribution in [0.2, 0.25) is 30.1 Å². The zero-order chi connectivity index (χ0) is 74.9. The maximum absolute atomic E-state index is 13.8. The summed E-state index contributed by atoms with van der Waals surface area (Å²) in [6.45, 7) is 13.8. The van der Waals surface area contributed by atoms with E-state index in [1.54, 1.807) is 50.2 Å². The van der Waals surface area contributed by atoms with E-state index in [1.807, 2.05) is 12.1 Å². The molecule has 0 heterocycles. The lowest BCUT2D eigenvalue weighted by molar-refractivity contribution is 0.418. The fourth-order valence-corrected chi connectivity index (χ4v) is 13.5. The minimum atomic E-state index is -1.92. The van der Waals surface area contributed by atoms with E-state index in [9.17, 15) is 35.1 Å². The van der Waals surface area contributed by atoms with Gasteiger partial charge in [0.05, 0.1) is 15.1 Å². The Hall–Kier alpha value is -4.28. The summed E-state index contributed by atoms with van der Waals surface area (Å²) in [4.78, 5) is 0. The number of halogens is 14. The van der Waals surface area contributed by atoms with Gasteiger partial charge in [-0.1, -0.05) is 142 Å². The molecule has 7 aromatic rings. The Morgan fingerprint density at radius 3 is 1.33 bits per heavy atom. The largest absolute Gasteiger partial charge is 0.205 e. The molecule has 0 saturated carbocycles. The van der Waals surface area contributed by atoms with E-state index in [0.717, 1.165) is 84.2 Å². The second-order valence-corrected chi connectivity index (χ2v) is 27.8. The molecule has 0 bridgehead atoms. The zero-order valence-corrected chi connectivity index (χ0v) is 56.8. The molecule has 7 aromatic carbocycles. The standard InChI is InChI=1S/C11H11ClF2.3C11H12ClF.2C11H13Cl.C11H11F3/c1-6-2-3-8-7(4-6)5-9(13)10(12)11(8)14;2*1-7-2-4-9-8(6-7)3-5-10(12)11(9)13;1-7-2-3-8-5-10(12)11(13)6-9(8)4-7;2*1-8-2-3-10-7-11(12)5-4-9(10)6-8;1-6-2-3-8-7(4-6)5-9(12)11(14)10(8)13/h5-6H,2-4H2,1H3;2*3,5,7H,2,4,6H2,1H3;5-7H,2-4H2,1H3;2*4-5,7-8H,2-3,6H2,1H3;5-6H,2-4H2,1H3/i;2D2,6D2;;;2D2,6D2;;3D2. The molecule has 14 heteroatoms. The topological polar surface area (TPSA) is 0 Å². The number of rotatable bonds is 0. The number of fused-ring (bicyclic) bond motifs is 7. The summed E-state index contributed by atoms with van der Waals surface area (Å²) in [5.41, 5.74) is 10.1. The monoisotopic (exact) mass is 1380 g/mol. The Kier molecular flexibility index (Phi) is 21.7. The average molecular weight is 1380 g/mol. The van der Waals surface area contributed by atoms with Crippen molar-refractivity contribution in [2.24, 2.45) is 41.4 Å². The van der Waals surface area contributed by atoms with Crippen molar-refractivity contribution in [2.45, 2.75) is 183 Å². The molecule has 7 aliphatic rings. The summed E-state index contributed by atoms with van der Waals surface area (Å²) in [6, 6.07) is 23.3. The summed E-state index contributed by atoms with van der Waals surface area (Å²) in [6.07, 6.45) is 4.07. The molecular formula is C77H84Cl6F8. The number of benzene rings is 7. The molecule has 0 aliphatic heterocycles. The van der Waals surface area contributed by atoms with E-state index in [4.69, 9.17) is 83.3 Å². The van der Waals surface area contributed by atoms with Crippen molar-refractivity contribution in [3.05, 3.63) is 239 Å². The lowest BCUT2D eigenvalue weighted by atomic mass is 9.84. The van der Waals surface area contributed by atoms with Crippen LogP contribution in [0.4, 0.5) is 35.1 Å². The fraction of sp³-hybridized carbons (Fsp3) is 0.455. The summed E-state index contributed by atoms with van der Waals surface area (Å²) in [5.74, 6) is -5.41. The first-order valence-electron chi connectivity index (χ1n) is 36.2. The predicted octanol–water partition coefficient (Wildman–Crippen LogP) is 24.7. The van der Waals surface area contributed by atoms with Gasteiger partial charge >= 0.3 is 0 Å². The van der Waals surface area contributed by atoms with Crippen molar-refractivity contribution in [1.82, 2.24) is 0 Å². The fourth-order valence-electron chi connectivity index (χ4n) is 12.4. The molecule has 0 fully saturated rings. The van der Waals surface area contributed by atoms with Crippen LogP contribution in [0.3, 0.4) is 0 Å². The minimum Gasteiger partial charge on any atom is -0.205 e. The Morgan fingerprint density at radius 1 is 0.308 bits per heavy atom. The second kappa shape index (κ2) is 33.4. The van der Waals surface area contributed by atoms with Gasteiger partial charge in [-0.05, 0) is 315 Å². The van der Waals surface area contributed by atoms with Crippen molar-refractivity contribution in [1.29, 1.82) is 0 Å². The van der Waals surface area contributed by atoms with E-state index in [0.29, 0.717) is 52.3 Å². The van der Waals surface area contributed by atoms with Crippen molar-refractivity contribution >= 4 is 69.6 Å². The van der Waals surface area contributed by atoms with Crippen LogP contribution in [0.15, 0.2) is 84.9 Å². The van der Waals surface area contributed by atoms with E-state index < -0.39 is 78.6 Å².